The first-order valence-corrected chi connectivity index (χ1v) is 5.69. The summed E-state index contributed by atoms with van der Waals surface area (Å²) in [5.41, 5.74) is 0. The van der Waals surface area contributed by atoms with Crippen molar-refractivity contribution in [2.24, 2.45) is 0 Å². The molecule has 0 N–H and O–H groups in total. The van der Waals surface area contributed by atoms with Gasteiger partial charge in [0.15, 0.2) is 0 Å². The molecule has 0 fully saturated rings. The Bertz CT molecular complexity index is 48.1. The van der Waals surface area contributed by atoms with E-state index in [2.05, 4.69) is 24.5 Å². The van der Waals surface area contributed by atoms with Crippen molar-refractivity contribution < 1.29 is 9.46 Å². The summed E-state index contributed by atoms with van der Waals surface area (Å²) >= 11 is 0. The first-order valence-electron chi connectivity index (χ1n) is 2.28. The monoisotopic (exact) mass is 120 g/mol. The molecule has 0 saturated heterocycles. The maximum atomic E-state index is 4.87. The van der Waals surface area contributed by atoms with Gasteiger partial charge in [-0.05, 0) is 19.6 Å². The third kappa shape index (κ3) is 6.14. The van der Waals surface area contributed by atoms with Crippen LogP contribution in [0.3, 0.4) is 0 Å². The second kappa shape index (κ2) is 2.45. The topological polar surface area (TPSA) is 18.5 Å². The highest BCUT2D eigenvalue weighted by Gasteiger charge is 2.14. The van der Waals surface area contributed by atoms with Crippen molar-refractivity contribution in [2.45, 2.75) is 19.6 Å². The molecule has 3 heteroatoms. The van der Waals surface area contributed by atoms with Gasteiger partial charge in [0, 0.05) is 0 Å². The van der Waals surface area contributed by atoms with Crippen molar-refractivity contribution in [3.8, 4) is 0 Å². The van der Waals surface area contributed by atoms with Crippen LogP contribution in [0, 0.1) is 0 Å². The summed E-state index contributed by atoms with van der Waals surface area (Å²) in [4.78, 5) is 4.47. The average molecular weight is 120 g/mol. The van der Waals surface area contributed by atoms with Gasteiger partial charge in [-0.3, -0.25) is 9.46 Å². The highest BCUT2D eigenvalue weighted by Crippen LogP contribution is 2.00. The van der Waals surface area contributed by atoms with E-state index in [4.69, 9.17) is 4.58 Å². The second-order valence-corrected chi connectivity index (χ2v) is 6.75. The van der Waals surface area contributed by atoms with E-state index in [9.17, 15) is 0 Å². The van der Waals surface area contributed by atoms with E-state index in [1.807, 2.05) is 0 Å². The Morgan fingerprint density at radius 1 is 1.14 bits per heavy atom. The first-order chi connectivity index (χ1) is 3.06. The molecule has 0 unspecified atom stereocenters. The van der Waals surface area contributed by atoms with Gasteiger partial charge in [0.05, 0.1) is 7.11 Å². The fourth-order valence-corrected chi connectivity index (χ4v) is 0.750. The van der Waals surface area contributed by atoms with Gasteiger partial charge >= 0.3 is 0 Å². The largest absolute Gasteiger partial charge is 0.287 e. The van der Waals surface area contributed by atoms with Crippen molar-refractivity contribution in [1.29, 1.82) is 0 Å². The molecule has 0 aliphatic carbocycles. The molecular formula is C4H12O2Si. The van der Waals surface area contributed by atoms with Gasteiger partial charge in [-0.2, -0.15) is 0 Å². The van der Waals surface area contributed by atoms with Crippen LogP contribution in [0.1, 0.15) is 0 Å². The molecule has 0 spiro atoms. The van der Waals surface area contributed by atoms with Crippen molar-refractivity contribution in [2.75, 3.05) is 7.11 Å². The van der Waals surface area contributed by atoms with Crippen LogP contribution in [0.25, 0.3) is 0 Å². The van der Waals surface area contributed by atoms with Crippen molar-refractivity contribution >= 4 is 8.32 Å². The lowest BCUT2D eigenvalue weighted by molar-refractivity contribution is -0.189. The molecule has 0 bridgehead atoms. The van der Waals surface area contributed by atoms with E-state index in [0.29, 0.717) is 0 Å². The summed E-state index contributed by atoms with van der Waals surface area (Å²) in [6.45, 7) is 6.20. The van der Waals surface area contributed by atoms with Crippen molar-refractivity contribution in [1.82, 2.24) is 0 Å². The van der Waals surface area contributed by atoms with E-state index in [0.717, 1.165) is 0 Å². The molecule has 0 aromatic carbocycles. The fourth-order valence-electron chi connectivity index (χ4n) is 0.250. The molecule has 7 heavy (non-hydrogen) atoms. The van der Waals surface area contributed by atoms with Crippen LogP contribution in [-0.4, -0.2) is 15.4 Å². The zero-order chi connectivity index (χ0) is 5.91. The maximum absolute atomic E-state index is 4.87. The van der Waals surface area contributed by atoms with Crippen LogP contribution >= 0.6 is 0 Å². The second-order valence-electron chi connectivity index (χ2n) is 2.36. The van der Waals surface area contributed by atoms with Gasteiger partial charge in [0.25, 0.3) is 0 Å². The smallest absolute Gasteiger partial charge is 0.230 e. The zero-order valence-corrected chi connectivity index (χ0v) is 6.32. The third-order valence-electron chi connectivity index (χ3n) is 0.333. The summed E-state index contributed by atoms with van der Waals surface area (Å²) in [5, 5.41) is 0. The van der Waals surface area contributed by atoms with Crippen LogP contribution in [0.5, 0.6) is 0 Å². The SMILES string of the molecule is COO[Si](C)(C)C. The van der Waals surface area contributed by atoms with Gasteiger partial charge in [-0.25, -0.2) is 0 Å². The lowest BCUT2D eigenvalue weighted by Gasteiger charge is -2.11. The molecule has 0 aliphatic rings. The molecule has 0 rings (SSSR count). The molecule has 0 amide bonds. The van der Waals surface area contributed by atoms with Gasteiger partial charge < -0.3 is 0 Å². The fraction of sp³-hybridized carbons (Fsp3) is 1.00. The molecule has 0 heterocycles. The first kappa shape index (κ1) is 7.14. The Hall–Kier alpha value is 0.137. The van der Waals surface area contributed by atoms with Gasteiger partial charge in [-0.1, -0.05) is 0 Å². The maximum Gasteiger partial charge on any atom is 0.230 e. The minimum absolute atomic E-state index is 1.38. The molecule has 0 saturated carbocycles. The van der Waals surface area contributed by atoms with Gasteiger partial charge in [0.1, 0.15) is 0 Å². The lowest BCUT2D eigenvalue weighted by Crippen LogP contribution is -2.24. The summed E-state index contributed by atoms with van der Waals surface area (Å²) in [5.74, 6) is 0. The highest BCUT2D eigenvalue weighted by atomic mass is 28.4. The molecule has 0 aliphatic heterocycles. The zero-order valence-electron chi connectivity index (χ0n) is 5.32. The Morgan fingerprint density at radius 3 is 1.57 bits per heavy atom. The standard InChI is InChI=1S/C4H12O2Si/c1-5-6-7(2,3)4/h1-4H3. The minimum Gasteiger partial charge on any atom is -0.287 e. The lowest BCUT2D eigenvalue weighted by atomic mass is 11.8. The number of hydrogen-bond donors (Lipinski definition) is 0. The van der Waals surface area contributed by atoms with E-state index in [1.54, 1.807) is 0 Å². The van der Waals surface area contributed by atoms with E-state index in [1.165, 1.54) is 7.11 Å². The van der Waals surface area contributed by atoms with E-state index < -0.39 is 8.32 Å². The Balaban J connectivity index is 3.15. The molecule has 0 atom stereocenters. The predicted octanol–water partition coefficient (Wildman–Crippen LogP) is 1.40. The normalized spacial score (nSPS) is 12.0. The van der Waals surface area contributed by atoms with Gasteiger partial charge in [-0.15, -0.1) is 0 Å². The summed E-state index contributed by atoms with van der Waals surface area (Å²) in [6, 6.07) is 0. The van der Waals surface area contributed by atoms with Crippen LogP contribution < -0.4 is 0 Å². The quantitative estimate of drug-likeness (QED) is 0.311. The number of rotatable bonds is 2. The van der Waals surface area contributed by atoms with Gasteiger partial charge in [0.2, 0.25) is 8.32 Å². The summed E-state index contributed by atoms with van der Waals surface area (Å²) < 4.78 is 4.87. The van der Waals surface area contributed by atoms with Crippen LogP contribution in [0.2, 0.25) is 19.6 Å². The summed E-state index contributed by atoms with van der Waals surface area (Å²) in [7, 11) is 0.160. The van der Waals surface area contributed by atoms with E-state index in [-0.39, 0.29) is 0 Å². The van der Waals surface area contributed by atoms with Crippen LogP contribution in [0.4, 0.5) is 0 Å². The van der Waals surface area contributed by atoms with Crippen molar-refractivity contribution in [3.63, 3.8) is 0 Å². The molecule has 0 radical (unpaired) electrons. The van der Waals surface area contributed by atoms with E-state index >= 15 is 0 Å². The molecule has 2 nitrogen and oxygen atoms in total. The number of hydrogen-bond acceptors (Lipinski definition) is 2. The van der Waals surface area contributed by atoms with Crippen molar-refractivity contribution in [3.05, 3.63) is 0 Å². The molecule has 0 aromatic rings. The predicted molar refractivity (Wildman–Crippen MR) is 31.4 cm³/mol. The highest BCUT2D eigenvalue weighted by molar-refractivity contribution is 6.69. The third-order valence-corrected chi connectivity index (χ3v) is 1.00. The minimum atomic E-state index is -1.38. The van der Waals surface area contributed by atoms with Crippen LogP contribution in [-0.2, 0) is 9.46 Å². The molecule has 0 aromatic heterocycles. The Kier molecular flexibility index (Phi) is 2.49. The Morgan fingerprint density at radius 2 is 1.57 bits per heavy atom. The molecular weight excluding hydrogens is 108 g/mol. The Labute approximate surface area is 45.5 Å². The van der Waals surface area contributed by atoms with Crippen LogP contribution in [0.15, 0.2) is 0 Å². The molecule has 44 valence electrons. The summed E-state index contributed by atoms with van der Waals surface area (Å²) in [6.07, 6.45) is 0. The average Bonchev–Trinajstić information content (AvgIpc) is 1.30.